The largest absolute Gasteiger partial charge is 0.395 e. The Morgan fingerprint density at radius 2 is 1.93 bits per heavy atom. The number of carbonyl (C=O) groups is 1. The van der Waals surface area contributed by atoms with E-state index in [2.05, 4.69) is 0 Å². The first-order valence-corrected chi connectivity index (χ1v) is 4.88. The summed E-state index contributed by atoms with van der Waals surface area (Å²) in [5.74, 6) is -0.423. The second-order valence-electron chi connectivity index (χ2n) is 3.54. The number of benzene rings is 1. The Balaban J connectivity index is 2.53. The van der Waals surface area contributed by atoms with E-state index in [1.165, 1.54) is 0 Å². The monoisotopic (exact) mass is 208 g/mol. The van der Waals surface area contributed by atoms with E-state index in [0.717, 1.165) is 18.4 Å². The molecule has 1 rings (SSSR count). The van der Waals surface area contributed by atoms with Crippen LogP contribution in [0.25, 0.3) is 0 Å². The van der Waals surface area contributed by atoms with Crippen molar-refractivity contribution in [2.75, 3.05) is 6.61 Å². The van der Waals surface area contributed by atoms with Crippen molar-refractivity contribution in [2.24, 2.45) is 11.5 Å². The zero-order valence-corrected chi connectivity index (χ0v) is 8.52. The first-order valence-electron chi connectivity index (χ1n) is 4.88. The number of hydrogen-bond donors (Lipinski definition) is 3. The van der Waals surface area contributed by atoms with Crippen LogP contribution in [0.15, 0.2) is 24.3 Å². The van der Waals surface area contributed by atoms with Crippen molar-refractivity contribution < 1.29 is 9.90 Å². The molecule has 0 bridgehead atoms. The number of aryl methyl sites for hydroxylation is 1. The molecular weight excluding hydrogens is 192 g/mol. The number of aliphatic hydroxyl groups excluding tert-OH is 1. The van der Waals surface area contributed by atoms with Gasteiger partial charge in [-0.25, -0.2) is 0 Å². The van der Waals surface area contributed by atoms with Gasteiger partial charge in [0.2, 0.25) is 5.91 Å². The van der Waals surface area contributed by atoms with E-state index in [4.69, 9.17) is 16.6 Å². The number of carbonyl (C=O) groups excluding carboxylic acids is 1. The Morgan fingerprint density at radius 1 is 1.33 bits per heavy atom. The van der Waals surface area contributed by atoms with Gasteiger partial charge in [0.05, 0.1) is 6.61 Å². The molecule has 0 aliphatic rings. The summed E-state index contributed by atoms with van der Waals surface area (Å²) in [6.45, 7) is -0.000625. The molecule has 0 aromatic heterocycles. The summed E-state index contributed by atoms with van der Waals surface area (Å²) >= 11 is 0. The highest BCUT2D eigenvalue weighted by molar-refractivity contribution is 5.92. The van der Waals surface area contributed by atoms with E-state index in [9.17, 15) is 4.79 Å². The molecular formula is C11H16N2O2. The van der Waals surface area contributed by atoms with Crippen LogP contribution in [0.1, 0.15) is 22.3 Å². The predicted octanol–water partition coefficient (Wildman–Crippen LogP) is 0.0377. The Morgan fingerprint density at radius 3 is 2.40 bits per heavy atom. The Bertz CT molecular complexity index is 322. The molecule has 4 heteroatoms. The van der Waals surface area contributed by atoms with Gasteiger partial charge < -0.3 is 16.6 Å². The summed E-state index contributed by atoms with van der Waals surface area (Å²) in [4.78, 5) is 10.8. The minimum absolute atomic E-state index is 0.000625. The molecule has 1 amide bonds. The fraction of sp³-hybridized carbons (Fsp3) is 0.364. The van der Waals surface area contributed by atoms with Crippen molar-refractivity contribution in [1.29, 1.82) is 0 Å². The van der Waals surface area contributed by atoms with Gasteiger partial charge in [0.25, 0.3) is 0 Å². The van der Waals surface area contributed by atoms with Gasteiger partial charge in [-0.2, -0.15) is 0 Å². The summed E-state index contributed by atoms with van der Waals surface area (Å²) in [6, 6.07) is 6.92. The summed E-state index contributed by atoms with van der Waals surface area (Å²) in [7, 11) is 0. The molecule has 82 valence electrons. The van der Waals surface area contributed by atoms with E-state index in [-0.39, 0.29) is 12.6 Å². The normalized spacial score (nSPS) is 12.4. The SMILES string of the molecule is NC(=O)c1ccc(CC[C@H](N)CO)cc1. The van der Waals surface area contributed by atoms with Crippen LogP contribution in [0.4, 0.5) is 0 Å². The van der Waals surface area contributed by atoms with Crippen LogP contribution in [0.3, 0.4) is 0 Å². The Hall–Kier alpha value is -1.39. The number of rotatable bonds is 5. The molecule has 0 aliphatic heterocycles. The second-order valence-corrected chi connectivity index (χ2v) is 3.54. The maximum atomic E-state index is 10.8. The van der Waals surface area contributed by atoms with Crippen LogP contribution in [-0.4, -0.2) is 23.7 Å². The highest BCUT2D eigenvalue weighted by Crippen LogP contribution is 2.07. The maximum Gasteiger partial charge on any atom is 0.248 e. The van der Waals surface area contributed by atoms with Crippen molar-refractivity contribution in [1.82, 2.24) is 0 Å². The van der Waals surface area contributed by atoms with E-state index in [1.807, 2.05) is 12.1 Å². The van der Waals surface area contributed by atoms with Gasteiger partial charge in [-0.15, -0.1) is 0 Å². The molecule has 4 nitrogen and oxygen atoms in total. The summed E-state index contributed by atoms with van der Waals surface area (Å²) in [6.07, 6.45) is 1.52. The Labute approximate surface area is 88.9 Å². The topological polar surface area (TPSA) is 89.3 Å². The van der Waals surface area contributed by atoms with E-state index < -0.39 is 5.91 Å². The molecule has 1 aromatic rings. The van der Waals surface area contributed by atoms with Crippen molar-refractivity contribution in [2.45, 2.75) is 18.9 Å². The Kier molecular flexibility index (Phi) is 4.27. The van der Waals surface area contributed by atoms with Crippen LogP contribution in [0, 0.1) is 0 Å². The van der Waals surface area contributed by atoms with E-state index in [1.54, 1.807) is 12.1 Å². The molecule has 0 heterocycles. The minimum Gasteiger partial charge on any atom is -0.395 e. The highest BCUT2D eigenvalue weighted by Gasteiger charge is 2.02. The molecule has 1 atom stereocenters. The predicted molar refractivity (Wildman–Crippen MR) is 58.3 cm³/mol. The summed E-state index contributed by atoms with van der Waals surface area (Å²) in [5.41, 5.74) is 12.3. The number of nitrogens with two attached hydrogens (primary N) is 2. The molecule has 0 aliphatic carbocycles. The van der Waals surface area contributed by atoms with Crippen molar-refractivity contribution in [3.8, 4) is 0 Å². The van der Waals surface area contributed by atoms with Gasteiger partial charge in [-0.3, -0.25) is 4.79 Å². The average molecular weight is 208 g/mol. The van der Waals surface area contributed by atoms with Crippen LogP contribution >= 0.6 is 0 Å². The standard InChI is InChI=1S/C11H16N2O2/c12-10(7-14)6-3-8-1-4-9(5-2-8)11(13)15/h1-2,4-5,10,14H,3,6-7,12H2,(H2,13,15)/t10-/m0/s1. The molecule has 0 saturated heterocycles. The lowest BCUT2D eigenvalue weighted by Crippen LogP contribution is -2.24. The molecule has 15 heavy (non-hydrogen) atoms. The van der Waals surface area contributed by atoms with E-state index in [0.29, 0.717) is 5.56 Å². The molecule has 1 aromatic carbocycles. The fourth-order valence-corrected chi connectivity index (χ4v) is 1.28. The number of amides is 1. The van der Waals surface area contributed by atoms with E-state index >= 15 is 0 Å². The lowest BCUT2D eigenvalue weighted by Gasteiger charge is -2.07. The fourth-order valence-electron chi connectivity index (χ4n) is 1.28. The van der Waals surface area contributed by atoms with Gasteiger partial charge in [-0.05, 0) is 30.5 Å². The first kappa shape index (κ1) is 11.7. The zero-order valence-electron chi connectivity index (χ0n) is 8.52. The van der Waals surface area contributed by atoms with Gasteiger partial charge in [0.1, 0.15) is 0 Å². The molecule has 0 spiro atoms. The number of aliphatic hydroxyl groups is 1. The van der Waals surface area contributed by atoms with Crippen LogP contribution < -0.4 is 11.5 Å². The lowest BCUT2D eigenvalue weighted by molar-refractivity contribution is 0.100. The van der Waals surface area contributed by atoms with Crippen LogP contribution in [-0.2, 0) is 6.42 Å². The molecule has 0 radical (unpaired) electrons. The van der Waals surface area contributed by atoms with Crippen LogP contribution in [0.5, 0.6) is 0 Å². The lowest BCUT2D eigenvalue weighted by atomic mass is 10.0. The molecule has 5 N–H and O–H groups in total. The van der Waals surface area contributed by atoms with Gasteiger partial charge in [0.15, 0.2) is 0 Å². The van der Waals surface area contributed by atoms with Crippen molar-refractivity contribution in [3.05, 3.63) is 35.4 Å². The van der Waals surface area contributed by atoms with Gasteiger partial charge in [0, 0.05) is 11.6 Å². The molecule has 0 fully saturated rings. The highest BCUT2D eigenvalue weighted by atomic mass is 16.3. The second kappa shape index (κ2) is 5.48. The minimum atomic E-state index is -0.423. The third kappa shape index (κ3) is 3.69. The third-order valence-electron chi connectivity index (χ3n) is 2.28. The quantitative estimate of drug-likeness (QED) is 0.638. The molecule has 0 unspecified atom stereocenters. The van der Waals surface area contributed by atoms with Crippen LogP contribution in [0.2, 0.25) is 0 Å². The van der Waals surface area contributed by atoms with Gasteiger partial charge >= 0.3 is 0 Å². The van der Waals surface area contributed by atoms with Gasteiger partial charge in [-0.1, -0.05) is 12.1 Å². The molecule has 0 saturated carbocycles. The first-order chi connectivity index (χ1) is 7.13. The zero-order chi connectivity index (χ0) is 11.3. The van der Waals surface area contributed by atoms with Crippen molar-refractivity contribution >= 4 is 5.91 Å². The summed E-state index contributed by atoms with van der Waals surface area (Å²) < 4.78 is 0. The number of primary amides is 1. The number of hydrogen-bond acceptors (Lipinski definition) is 3. The van der Waals surface area contributed by atoms with Crippen molar-refractivity contribution in [3.63, 3.8) is 0 Å². The third-order valence-corrected chi connectivity index (χ3v) is 2.28. The average Bonchev–Trinajstić information content (AvgIpc) is 2.26. The maximum absolute atomic E-state index is 10.8. The smallest absolute Gasteiger partial charge is 0.248 e. The summed E-state index contributed by atoms with van der Waals surface area (Å²) in [5, 5.41) is 8.74.